The molecule has 0 saturated carbocycles. The molecular weight excluding hydrogens is 400 g/mol. The molecular formula is C15H10BrClN4OS. The second-order valence-electron chi connectivity index (χ2n) is 4.48. The lowest BCUT2D eigenvalue weighted by Crippen LogP contribution is -2.19. The molecule has 0 aliphatic heterocycles. The number of rotatable bonds is 3. The number of hydrogen-bond donors (Lipinski definition) is 2. The van der Waals surface area contributed by atoms with Crippen LogP contribution in [0.1, 0.15) is 0 Å². The number of benzene rings is 2. The third kappa shape index (κ3) is 4.07. The molecule has 2 aromatic carbocycles. The lowest BCUT2D eigenvalue weighted by Gasteiger charge is -2.04. The first kappa shape index (κ1) is 15.9. The van der Waals surface area contributed by atoms with Gasteiger partial charge in [-0.1, -0.05) is 63.1 Å². The van der Waals surface area contributed by atoms with Crippen LogP contribution in [0, 0.1) is 0 Å². The Balaban J connectivity index is 1.69. The molecule has 5 nitrogen and oxygen atoms in total. The smallest absolute Gasteiger partial charge is 0.308 e. The van der Waals surface area contributed by atoms with Crippen LogP contribution in [0.25, 0.3) is 10.6 Å². The zero-order chi connectivity index (χ0) is 16.2. The predicted octanol–water partition coefficient (Wildman–Crippen LogP) is 5.27. The van der Waals surface area contributed by atoms with Gasteiger partial charge in [-0.15, -0.1) is 10.2 Å². The molecule has 0 saturated heterocycles. The summed E-state index contributed by atoms with van der Waals surface area (Å²) in [7, 11) is 0. The minimum absolute atomic E-state index is 0.401. The van der Waals surface area contributed by atoms with Crippen molar-refractivity contribution in [2.75, 3.05) is 10.6 Å². The Labute approximate surface area is 149 Å². The molecule has 2 amide bonds. The summed E-state index contributed by atoms with van der Waals surface area (Å²) in [6.45, 7) is 0. The fourth-order valence-corrected chi connectivity index (χ4v) is 3.42. The van der Waals surface area contributed by atoms with Gasteiger partial charge >= 0.3 is 6.03 Å². The highest BCUT2D eigenvalue weighted by Gasteiger charge is 2.11. The van der Waals surface area contributed by atoms with Crippen molar-refractivity contribution in [3.8, 4) is 10.6 Å². The van der Waals surface area contributed by atoms with Gasteiger partial charge in [0.1, 0.15) is 0 Å². The molecule has 0 atom stereocenters. The molecule has 0 bridgehead atoms. The van der Waals surface area contributed by atoms with Crippen molar-refractivity contribution in [1.82, 2.24) is 10.2 Å². The Morgan fingerprint density at radius 1 is 1.09 bits per heavy atom. The number of nitrogens with zero attached hydrogens (tertiary/aromatic N) is 2. The van der Waals surface area contributed by atoms with E-state index in [4.69, 9.17) is 11.6 Å². The van der Waals surface area contributed by atoms with Crippen LogP contribution in [0.3, 0.4) is 0 Å². The largest absolute Gasteiger partial charge is 0.325 e. The molecule has 8 heteroatoms. The molecule has 0 unspecified atom stereocenters. The number of amides is 2. The van der Waals surface area contributed by atoms with E-state index >= 15 is 0 Å². The van der Waals surface area contributed by atoms with Gasteiger partial charge in [0, 0.05) is 20.7 Å². The monoisotopic (exact) mass is 408 g/mol. The average molecular weight is 410 g/mol. The van der Waals surface area contributed by atoms with Gasteiger partial charge in [-0.05, 0) is 24.3 Å². The number of nitrogens with one attached hydrogen (secondary N) is 2. The number of halogens is 2. The van der Waals surface area contributed by atoms with Gasteiger partial charge in [-0.25, -0.2) is 4.79 Å². The van der Waals surface area contributed by atoms with Crippen molar-refractivity contribution in [2.24, 2.45) is 0 Å². The molecule has 0 spiro atoms. The van der Waals surface area contributed by atoms with Crippen molar-refractivity contribution >= 4 is 55.7 Å². The van der Waals surface area contributed by atoms with Gasteiger partial charge in [0.2, 0.25) is 5.13 Å². The maximum Gasteiger partial charge on any atom is 0.325 e. The first-order chi connectivity index (χ1) is 11.1. The molecule has 0 radical (unpaired) electrons. The highest BCUT2D eigenvalue weighted by atomic mass is 79.9. The van der Waals surface area contributed by atoms with E-state index in [1.807, 2.05) is 24.3 Å². The Hall–Kier alpha value is -1.96. The summed E-state index contributed by atoms with van der Waals surface area (Å²) >= 11 is 10.6. The van der Waals surface area contributed by atoms with Crippen LogP contribution in [-0.2, 0) is 0 Å². The summed E-state index contributed by atoms with van der Waals surface area (Å²) < 4.78 is 0.922. The molecule has 3 rings (SSSR count). The van der Waals surface area contributed by atoms with Gasteiger partial charge in [0.25, 0.3) is 0 Å². The molecule has 1 aromatic heterocycles. The quantitative estimate of drug-likeness (QED) is 0.619. The highest BCUT2D eigenvalue weighted by molar-refractivity contribution is 9.10. The Morgan fingerprint density at radius 2 is 1.91 bits per heavy atom. The normalized spacial score (nSPS) is 10.3. The summed E-state index contributed by atoms with van der Waals surface area (Å²) in [5, 5.41) is 15.1. The lowest BCUT2D eigenvalue weighted by molar-refractivity contribution is 0.262. The van der Waals surface area contributed by atoms with E-state index < -0.39 is 6.03 Å². The van der Waals surface area contributed by atoms with Crippen LogP contribution in [0.5, 0.6) is 0 Å². The third-order valence-corrected chi connectivity index (χ3v) is 4.63. The first-order valence-electron chi connectivity index (χ1n) is 6.54. The average Bonchev–Trinajstić information content (AvgIpc) is 2.95. The maximum absolute atomic E-state index is 12.0. The molecule has 0 aliphatic carbocycles. The minimum atomic E-state index is -0.401. The van der Waals surface area contributed by atoms with Gasteiger partial charge in [-0.3, -0.25) is 5.32 Å². The van der Waals surface area contributed by atoms with Crippen LogP contribution < -0.4 is 10.6 Å². The number of urea groups is 1. The highest BCUT2D eigenvalue weighted by Crippen LogP contribution is 2.31. The summed E-state index contributed by atoms with van der Waals surface area (Å²) in [5.41, 5.74) is 1.53. The van der Waals surface area contributed by atoms with Gasteiger partial charge < -0.3 is 5.32 Å². The van der Waals surface area contributed by atoms with Gasteiger partial charge in [-0.2, -0.15) is 0 Å². The first-order valence-corrected chi connectivity index (χ1v) is 8.52. The summed E-state index contributed by atoms with van der Waals surface area (Å²) in [6, 6.07) is 14.2. The topological polar surface area (TPSA) is 66.9 Å². The van der Waals surface area contributed by atoms with E-state index in [0.717, 1.165) is 15.0 Å². The van der Waals surface area contributed by atoms with E-state index in [0.29, 0.717) is 15.8 Å². The van der Waals surface area contributed by atoms with Crippen LogP contribution in [0.2, 0.25) is 5.02 Å². The van der Waals surface area contributed by atoms with Crippen LogP contribution in [-0.4, -0.2) is 16.2 Å². The van der Waals surface area contributed by atoms with Gasteiger partial charge in [0.15, 0.2) is 5.01 Å². The molecule has 1 heterocycles. The van der Waals surface area contributed by atoms with E-state index in [9.17, 15) is 4.79 Å². The predicted molar refractivity (Wildman–Crippen MR) is 97.1 cm³/mol. The number of hydrogen-bond acceptors (Lipinski definition) is 4. The Morgan fingerprint density at radius 3 is 2.70 bits per heavy atom. The van der Waals surface area contributed by atoms with Crippen LogP contribution in [0.4, 0.5) is 15.6 Å². The lowest BCUT2D eigenvalue weighted by atomic mass is 10.2. The third-order valence-electron chi connectivity index (χ3n) is 2.83. The summed E-state index contributed by atoms with van der Waals surface area (Å²) in [4.78, 5) is 12.0. The zero-order valence-electron chi connectivity index (χ0n) is 11.6. The minimum Gasteiger partial charge on any atom is -0.308 e. The number of carbonyl (C=O) groups excluding carboxylic acids is 1. The molecule has 116 valence electrons. The Bertz CT molecular complexity index is 855. The standard InChI is InChI=1S/C15H10BrClN4OS/c16-12-7-2-1-6-11(12)13-20-21-15(23-13)19-14(22)18-10-5-3-4-9(17)8-10/h1-8H,(H2,18,19,21,22). The fraction of sp³-hybridized carbons (Fsp3) is 0. The molecule has 0 aliphatic rings. The van der Waals surface area contributed by atoms with Crippen molar-refractivity contribution in [3.63, 3.8) is 0 Å². The van der Waals surface area contributed by atoms with Gasteiger partial charge in [0.05, 0.1) is 0 Å². The van der Waals surface area contributed by atoms with E-state index in [1.165, 1.54) is 11.3 Å². The number of carbonyl (C=O) groups is 1. The van der Waals surface area contributed by atoms with Crippen LogP contribution >= 0.6 is 38.9 Å². The molecule has 3 aromatic rings. The Kier molecular flexibility index (Phi) is 4.90. The van der Waals surface area contributed by atoms with E-state index in [1.54, 1.807) is 24.3 Å². The SMILES string of the molecule is O=C(Nc1cccc(Cl)c1)Nc1nnc(-c2ccccc2Br)s1. The second-order valence-corrected chi connectivity index (χ2v) is 6.75. The van der Waals surface area contributed by atoms with E-state index in [-0.39, 0.29) is 0 Å². The number of anilines is 2. The zero-order valence-corrected chi connectivity index (χ0v) is 14.7. The summed E-state index contributed by atoms with van der Waals surface area (Å²) in [5.74, 6) is 0. The fourth-order valence-electron chi connectivity index (χ4n) is 1.84. The molecule has 23 heavy (non-hydrogen) atoms. The maximum atomic E-state index is 12.0. The van der Waals surface area contributed by atoms with Crippen molar-refractivity contribution in [2.45, 2.75) is 0 Å². The number of aromatic nitrogens is 2. The molecule has 2 N–H and O–H groups in total. The summed E-state index contributed by atoms with van der Waals surface area (Å²) in [6.07, 6.45) is 0. The van der Waals surface area contributed by atoms with Crippen LogP contribution in [0.15, 0.2) is 53.0 Å². The van der Waals surface area contributed by atoms with E-state index in [2.05, 4.69) is 36.8 Å². The van der Waals surface area contributed by atoms with Crippen molar-refractivity contribution < 1.29 is 4.79 Å². The molecule has 0 fully saturated rings. The van der Waals surface area contributed by atoms with Crippen molar-refractivity contribution in [3.05, 3.63) is 58.0 Å². The second kappa shape index (κ2) is 7.08. The van der Waals surface area contributed by atoms with Crippen molar-refractivity contribution in [1.29, 1.82) is 0 Å².